The SMILES string of the molecule is CC(C)(C)OC(=O)NC[C@H](O)CCl.CC(C)(C)OC(=O)NC[C@H]1CN(c2cc(F)c(N3CC[Si](C)(C)CC3)c(F)c2)C(=O)O1.C[Si]1(C)CCN(c2c(F)cc(NC(=O)OCc3ccccc3)cc2F)CC1. The van der Waals surface area contributed by atoms with Crippen molar-refractivity contribution < 1.29 is 60.8 Å². The van der Waals surface area contributed by atoms with E-state index in [1.54, 1.807) is 51.3 Å². The summed E-state index contributed by atoms with van der Waals surface area (Å²) >= 11 is 5.33. The molecule has 71 heavy (non-hydrogen) atoms. The molecule has 3 aromatic carbocycles. The van der Waals surface area contributed by atoms with Crippen molar-refractivity contribution >= 4 is 74.9 Å². The second kappa shape index (κ2) is 25.4. The maximum atomic E-state index is 14.9. The molecule has 3 aliphatic rings. The van der Waals surface area contributed by atoms with E-state index in [1.807, 2.05) is 30.3 Å². The topological polar surface area (TPSA) is 171 Å². The van der Waals surface area contributed by atoms with Crippen molar-refractivity contribution in [3.8, 4) is 0 Å². The highest BCUT2D eigenvalue weighted by molar-refractivity contribution is 6.78. The molecule has 3 saturated heterocycles. The summed E-state index contributed by atoms with van der Waals surface area (Å²) in [6, 6.07) is 17.8. The molecule has 3 fully saturated rings. The van der Waals surface area contributed by atoms with E-state index in [0.717, 1.165) is 41.9 Å². The van der Waals surface area contributed by atoms with Crippen LogP contribution in [0.25, 0.3) is 0 Å². The highest BCUT2D eigenvalue weighted by Gasteiger charge is 2.36. The van der Waals surface area contributed by atoms with E-state index in [0.29, 0.717) is 26.2 Å². The fraction of sp³-hybridized carbons (Fsp3) is 0.551. The summed E-state index contributed by atoms with van der Waals surface area (Å²) in [4.78, 5) is 51.6. The number of amides is 4. The standard InChI is InChI=1S/C21H31F2N3O4Si.C20H24F2N2O2Si.C8H16ClNO3/c1-21(2,3)30-19(27)24-12-15-13-26(20(28)29-15)14-10-16(22)18(17(23)11-14)25-6-8-31(4,5)9-7-25;1-27(2)10-8-24(9-11-27)19-17(21)12-16(13-18(19)22)23-20(25)26-14-15-6-4-3-5-7-15;1-8(2,3)13-7(12)10-5-6(11)4-9/h10-11,15H,6-9,12-13H2,1-5H3,(H,24,27);3-7,12-13H,8-11,14H2,1-2H3,(H,23,25);6,11H,4-5H2,1-3H3,(H,10,12)/t15-;;6-/m0.1/s1. The highest BCUT2D eigenvalue weighted by Crippen LogP contribution is 2.35. The van der Waals surface area contributed by atoms with Crippen molar-refractivity contribution in [1.82, 2.24) is 10.6 Å². The monoisotopic (exact) mass is 1050 g/mol. The van der Waals surface area contributed by atoms with Crippen molar-refractivity contribution in [2.24, 2.45) is 0 Å². The molecular weight excluding hydrogens is 984 g/mol. The first-order valence-electron chi connectivity index (χ1n) is 23.7. The smallest absolute Gasteiger partial charge is 0.414 e. The highest BCUT2D eigenvalue weighted by atomic mass is 35.5. The van der Waals surface area contributed by atoms with Crippen LogP contribution in [0.4, 0.5) is 59.5 Å². The van der Waals surface area contributed by atoms with Gasteiger partial charge in [0.25, 0.3) is 0 Å². The molecule has 0 unspecified atom stereocenters. The Morgan fingerprint density at radius 2 is 1.20 bits per heavy atom. The van der Waals surface area contributed by atoms with Crippen LogP contribution in [0.2, 0.25) is 50.4 Å². The van der Waals surface area contributed by atoms with Gasteiger partial charge in [-0.05, 0) is 83.4 Å². The predicted molar refractivity (Wildman–Crippen MR) is 274 cm³/mol. The third-order valence-electron chi connectivity index (χ3n) is 11.5. The molecule has 0 saturated carbocycles. The first-order valence-corrected chi connectivity index (χ1v) is 31.0. The summed E-state index contributed by atoms with van der Waals surface area (Å²) in [6.45, 7) is 22.6. The van der Waals surface area contributed by atoms with Gasteiger partial charge >= 0.3 is 24.4 Å². The largest absolute Gasteiger partial charge is 0.444 e. The lowest BCUT2D eigenvalue weighted by Crippen LogP contribution is -2.43. The number of rotatable bonds is 11. The van der Waals surface area contributed by atoms with E-state index in [1.165, 1.54) is 17.0 Å². The summed E-state index contributed by atoms with van der Waals surface area (Å²) in [5.41, 5.74) is -0.251. The average Bonchev–Trinajstić information content (AvgIpc) is 3.64. The van der Waals surface area contributed by atoms with Gasteiger partial charge in [0.1, 0.15) is 35.3 Å². The molecule has 3 aromatic rings. The van der Waals surface area contributed by atoms with Crippen molar-refractivity contribution in [2.75, 3.05) is 71.7 Å². The summed E-state index contributed by atoms with van der Waals surface area (Å²) in [6.07, 6.45) is -4.02. The fourth-order valence-electron chi connectivity index (χ4n) is 7.42. The molecule has 6 rings (SSSR count). The van der Waals surface area contributed by atoms with Crippen LogP contribution >= 0.6 is 11.6 Å². The molecule has 2 atom stereocenters. The number of nitrogens with zero attached hydrogens (tertiary/aromatic N) is 3. The molecule has 4 N–H and O–H groups in total. The summed E-state index contributed by atoms with van der Waals surface area (Å²) in [7, 11) is -2.50. The maximum Gasteiger partial charge on any atom is 0.414 e. The van der Waals surface area contributed by atoms with Crippen molar-refractivity contribution in [3.05, 3.63) is 83.4 Å². The van der Waals surface area contributed by atoms with Gasteiger partial charge in [0.15, 0.2) is 23.3 Å². The molecule has 3 heterocycles. The molecule has 22 heteroatoms. The van der Waals surface area contributed by atoms with E-state index >= 15 is 0 Å². The zero-order chi connectivity index (χ0) is 52.9. The van der Waals surface area contributed by atoms with Gasteiger partial charge in [-0.1, -0.05) is 56.5 Å². The van der Waals surface area contributed by atoms with Crippen LogP contribution in [0.15, 0.2) is 54.6 Å². The zero-order valence-corrected chi connectivity index (χ0v) is 45.2. The predicted octanol–water partition coefficient (Wildman–Crippen LogP) is 10.7. The molecule has 0 aromatic heterocycles. The van der Waals surface area contributed by atoms with Crippen LogP contribution in [0.1, 0.15) is 47.1 Å². The number of halogens is 5. The van der Waals surface area contributed by atoms with E-state index in [4.69, 9.17) is 35.7 Å². The summed E-state index contributed by atoms with van der Waals surface area (Å²) in [5, 5.41) is 16.3. The average molecular weight is 1060 g/mol. The Hall–Kier alpha value is -5.26. The van der Waals surface area contributed by atoms with Gasteiger partial charge in [0, 0.05) is 50.5 Å². The van der Waals surface area contributed by atoms with E-state index in [-0.39, 0.29) is 54.9 Å². The second-order valence-electron chi connectivity index (χ2n) is 21.2. The summed E-state index contributed by atoms with van der Waals surface area (Å²) < 4.78 is 79.1. The quantitative estimate of drug-likeness (QED) is 0.0624. The van der Waals surface area contributed by atoms with Crippen molar-refractivity contribution in [3.63, 3.8) is 0 Å². The molecule has 0 bridgehead atoms. The molecule has 394 valence electrons. The first kappa shape index (κ1) is 58.3. The Balaban J connectivity index is 0.000000250. The van der Waals surface area contributed by atoms with E-state index in [2.05, 4.69) is 42.1 Å². The van der Waals surface area contributed by atoms with Crippen LogP contribution in [0.3, 0.4) is 0 Å². The lowest BCUT2D eigenvalue weighted by molar-refractivity contribution is 0.0489. The number of carbonyl (C=O) groups excluding carboxylic acids is 4. The van der Waals surface area contributed by atoms with Crippen LogP contribution < -0.4 is 30.7 Å². The molecular formula is C49H71ClF4N6O9Si2. The number of hydrogen-bond donors (Lipinski definition) is 4. The first-order chi connectivity index (χ1) is 33.0. The third-order valence-corrected chi connectivity index (χ3v) is 18.1. The molecule has 0 radical (unpaired) electrons. The minimum absolute atomic E-state index is 0.0114. The molecule has 0 aliphatic carbocycles. The second-order valence-corrected chi connectivity index (χ2v) is 32.2. The minimum atomic E-state index is -1.27. The normalized spacial score (nSPS) is 17.8. The van der Waals surface area contributed by atoms with Crippen molar-refractivity contribution in [2.45, 2.75) is 122 Å². The summed E-state index contributed by atoms with van der Waals surface area (Å²) in [5.74, 6) is -2.64. The Bertz CT molecular complexity index is 2220. The Labute approximate surface area is 421 Å². The maximum absolute atomic E-state index is 14.9. The number of aliphatic hydroxyl groups excluding tert-OH is 1. The third kappa shape index (κ3) is 19.7. The Kier molecular flexibility index (Phi) is 20.9. The Morgan fingerprint density at radius 3 is 1.65 bits per heavy atom. The number of aliphatic hydroxyl groups is 1. The number of nitrogens with one attached hydrogen (secondary N) is 3. The van der Waals surface area contributed by atoms with Crippen LogP contribution in [0, 0.1) is 23.3 Å². The van der Waals surface area contributed by atoms with Gasteiger partial charge in [-0.3, -0.25) is 10.2 Å². The van der Waals surface area contributed by atoms with Gasteiger partial charge in [0.2, 0.25) is 0 Å². The molecule has 3 aliphatic heterocycles. The molecule has 0 spiro atoms. The van der Waals surface area contributed by atoms with Gasteiger partial charge in [0.05, 0.1) is 46.9 Å². The van der Waals surface area contributed by atoms with Gasteiger partial charge in [-0.25, -0.2) is 36.7 Å². The lowest BCUT2D eigenvalue weighted by atomic mass is 10.2. The number of hydrogen-bond acceptors (Lipinski definition) is 11. The number of anilines is 4. The van der Waals surface area contributed by atoms with Gasteiger partial charge in [-0.2, -0.15) is 0 Å². The van der Waals surface area contributed by atoms with E-state index < -0.39 is 87.2 Å². The molecule has 15 nitrogen and oxygen atoms in total. The molecule has 4 amide bonds. The Morgan fingerprint density at radius 1 is 0.746 bits per heavy atom. The lowest BCUT2D eigenvalue weighted by Gasteiger charge is -2.37. The number of ether oxygens (including phenoxy) is 4. The number of benzene rings is 3. The number of carbonyl (C=O) groups is 4. The van der Waals surface area contributed by atoms with Crippen LogP contribution in [-0.4, -0.2) is 121 Å². The number of cyclic esters (lactones) is 1. The van der Waals surface area contributed by atoms with Crippen LogP contribution in [0.5, 0.6) is 0 Å². The van der Waals surface area contributed by atoms with Crippen LogP contribution in [-0.2, 0) is 25.6 Å². The van der Waals surface area contributed by atoms with Gasteiger partial charge < -0.3 is 44.5 Å². The minimum Gasteiger partial charge on any atom is -0.444 e. The van der Waals surface area contributed by atoms with Gasteiger partial charge in [-0.15, -0.1) is 11.6 Å². The number of alkyl carbamates (subject to hydrolysis) is 2. The zero-order valence-electron chi connectivity index (χ0n) is 42.5. The van der Waals surface area contributed by atoms with E-state index in [9.17, 15) is 36.7 Å². The number of alkyl halides is 1. The van der Waals surface area contributed by atoms with Crippen molar-refractivity contribution in [1.29, 1.82) is 0 Å². The fourth-order valence-corrected chi connectivity index (χ4v) is 11.5.